The van der Waals surface area contributed by atoms with Crippen LogP contribution in [0.15, 0.2) is 62.4 Å². The molecule has 0 saturated carbocycles. The summed E-state index contributed by atoms with van der Waals surface area (Å²) in [4.78, 5) is 0.257. The van der Waals surface area contributed by atoms with Crippen molar-refractivity contribution in [3.8, 4) is 0 Å². The molecule has 6 heteroatoms. The molecular weight excluding hydrogens is 418 g/mol. The first-order valence-electron chi connectivity index (χ1n) is 6.45. The van der Waals surface area contributed by atoms with Crippen LogP contribution in [0.5, 0.6) is 0 Å². The molecule has 0 amide bonds. The molecule has 0 heterocycles. The zero-order valence-corrected chi connectivity index (χ0v) is 15.4. The molecule has 2 aromatic rings. The van der Waals surface area contributed by atoms with Crippen molar-refractivity contribution in [2.45, 2.75) is 24.3 Å². The van der Waals surface area contributed by atoms with Gasteiger partial charge in [0.05, 0.1) is 4.90 Å². The fraction of sp³-hybridized carbons (Fsp3) is 0.200. The number of benzene rings is 2. The van der Waals surface area contributed by atoms with Gasteiger partial charge in [-0.15, -0.1) is 0 Å². The molecule has 0 aromatic heterocycles. The highest BCUT2D eigenvalue weighted by Crippen LogP contribution is 2.23. The molecule has 2 aromatic carbocycles. The van der Waals surface area contributed by atoms with E-state index in [1.54, 1.807) is 24.3 Å². The summed E-state index contributed by atoms with van der Waals surface area (Å²) in [6.07, 6.45) is 0.675. The van der Waals surface area contributed by atoms with Crippen LogP contribution in [0.1, 0.15) is 24.9 Å². The van der Waals surface area contributed by atoms with E-state index in [1.165, 1.54) is 0 Å². The van der Waals surface area contributed by atoms with E-state index in [0.29, 0.717) is 6.42 Å². The zero-order chi connectivity index (χ0) is 15.5. The van der Waals surface area contributed by atoms with Gasteiger partial charge in [0.2, 0.25) is 10.0 Å². The first-order chi connectivity index (χ1) is 9.92. The molecule has 0 saturated heterocycles. The Balaban J connectivity index is 2.27. The number of rotatable bonds is 5. The molecule has 0 aliphatic heterocycles. The Labute approximate surface area is 142 Å². The van der Waals surface area contributed by atoms with Crippen molar-refractivity contribution in [2.75, 3.05) is 0 Å². The van der Waals surface area contributed by atoms with Gasteiger partial charge in [-0.3, -0.25) is 0 Å². The smallest absolute Gasteiger partial charge is 0.207 e. The second-order valence-corrected chi connectivity index (χ2v) is 8.14. The van der Waals surface area contributed by atoms with E-state index in [-0.39, 0.29) is 10.9 Å². The van der Waals surface area contributed by atoms with Crippen LogP contribution in [0.2, 0.25) is 0 Å². The Bertz CT molecular complexity index is 715. The fourth-order valence-corrected chi connectivity index (χ4v) is 4.14. The van der Waals surface area contributed by atoms with Gasteiger partial charge in [0.1, 0.15) is 0 Å². The summed E-state index contributed by atoms with van der Waals surface area (Å²) in [6, 6.07) is 14.1. The Hall–Kier alpha value is -0.690. The maximum Gasteiger partial charge on any atom is 0.241 e. The summed E-state index contributed by atoms with van der Waals surface area (Å²) in [5, 5.41) is 0. The Morgan fingerprint density at radius 3 is 2.29 bits per heavy atom. The third kappa shape index (κ3) is 4.39. The van der Waals surface area contributed by atoms with Gasteiger partial charge in [-0.25, -0.2) is 13.1 Å². The van der Waals surface area contributed by atoms with Crippen molar-refractivity contribution in [1.82, 2.24) is 4.72 Å². The minimum Gasteiger partial charge on any atom is -0.207 e. The molecule has 3 nitrogen and oxygen atoms in total. The molecule has 2 rings (SSSR count). The maximum atomic E-state index is 12.5. The van der Waals surface area contributed by atoms with Crippen LogP contribution in [-0.4, -0.2) is 8.42 Å². The molecule has 0 aliphatic rings. The van der Waals surface area contributed by atoms with E-state index in [9.17, 15) is 8.42 Å². The lowest BCUT2D eigenvalue weighted by molar-refractivity contribution is 0.550. The predicted molar refractivity (Wildman–Crippen MR) is 91.6 cm³/mol. The largest absolute Gasteiger partial charge is 0.241 e. The minimum atomic E-state index is -3.54. The lowest BCUT2D eigenvalue weighted by Gasteiger charge is -2.18. The van der Waals surface area contributed by atoms with Gasteiger partial charge in [0.15, 0.2) is 0 Å². The molecule has 1 unspecified atom stereocenters. The van der Waals surface area contributed by atoms with Crippen LogP contribution in [-0.2, 0) is 10.0 Å². The highest BCUT2D eigenvalue weighted by Gasteiger charge is 2.20. The average molecular weight is 433 g/mol. The number of sulfonamides is 1. The average Bonchev–Trinajstić information content (AvgIpc) is 2.46. The van der Waals surface area contributed by atoms with Crippen LogP contribution >= 0.6 is 31.9 Å². The standard InChI is InChI=1S/C15H15Br2NO2S/c1-2-15(11-6-8-12(16)9-7-11)18-21(19,20)14-5-3-4-13(17)10-14/h3-10,15,18H,2H2,1H3. The number of hydrogen-bond acceptors (Lipinski definition) is 2. The van der Waals surface area contributed by atoms with Crippen molar-refractivity contribution in [3.63, 3.8) is 0 Å². The summed E-state index contributed by atoms with van der Waals surface area (Å²) in [6.45, 7) is 1.95. The van der Waals surface area contributed by atoms with E-state index in [4.69, 9.17) is 0 Å². The quantitative estimate of drug-likeness (QED) is 0.747. The third-order valence-electron chi connectivity index (χ3n) is 3.08. The van der Waals surface area contributed by atoms with Crippen molar-refractivity contribution >= 4 is 41.9 Å². The van der Waals surface area contributed by atoms with E-state index >= 15 is 0 Å². The van der Waals surface area contributed by atoms with E-state index < -0.39 is 10.0 Å². The van der Waals surface area contributed by atoms with Crippen molar-refractivity contribution < 1.29 is 8.42 Å². The molecule has 0 aliphatic carbocycles. The highest BCUT2D eigenvalue weighted by molar-refractivity contribution is 9.10. The van der Waals surface area contributed by atoms with Gasteiger partial charge in [-0.05, 0) is 42.3 Å². The van der Waals surface area contributed by atoms with Gasteiger partial charge in [0.25, 0.3) is 0 Å². The lowest BCUT2D eigenvalue weighted by atomic mass is 10.1. The monoisotopic (exact) mass is 431 g/mol. The van der Waals surface area contributed by atoms with Crippen molar-refractivity contribution in [1.29, 1.82) is 0 Å². The fourth-order valence-electron chi connectivity index (χ4n) is 1.97. The van der Waals surface area contributed by atoms with E-state index in [0.717, 1.165) is 14.5 Å². The van der Waals surface area contributed by atoms with Gasteiger partial charge in [0, 0.05) is 15.0 Å². The molecular formula is C15H15Br2NO2S. The van der Waals surface area contributed by atoms with Gasteiger partial charge in [-0.1, -0.05) is 57.0 Å². The van der Waals surface area contributed by atoms with Gasteiger partial charge < -0.3 is 0 Å². The Morgan fingerprint density at radius 2 is 1.71 bits per heavy atom. The van der Waals surface area contributed by atoms with Gasteiger partial charge >= 0.3 is 0 Å². The molecule has 0 radical (unpaired) electrons. The Kier molecular flexibility index (Phi) is 5.60. The minimum absolute atomic E-state index is 0.248. The molecule has 1 atom stereocenters. The molecule has 0 spiro atoms. The van der Waals surface area contributed by atoms with E-state index in [1.807, 2.05) is 31.2 Å². The number of nitrogens with one attached hydrogen (secondary N) is 1. The Morgan fingerprint density at radius 1 is 1.05 bits per heavy atom. The number of halogens is 2. The molecule has 112 valence electrons. The van der Waals surface area contributed by atoms with Crippen LogP contribution in [0, 0.1) is 0 Å². The summed E-state index contributed by atoms with van der Waals surface area (Å²) in [7, 11) is -3.54. The topological polar surface area (TPSA) is 46.2 Å². The molecule has 0 fully saturated rings. The maximum absolute atomic E-state index is 12.5. The first-order valence-corrected chi connectivity index (χ1v) is 9.52. The van der Waals surface area contributed by atoms with Gasteiger partial charge in [-0.2, -0.15) is 0 Å². The lowest BCUT2D eigenvalue weighted by Crippen LogP contribution is -2.28. The normalized spacial score (nSPS) is 13.1. The van der Waals surface area contributed by atoms with Crippen LogP contribution < -0.4 is 4.72 Å². The van der Waals surface area contributed by atoms with Crippen molar-refractivity contribution in [3.05, 3.63) is 63.0 Å². The highest BCUT2D eigenvalue weighted by atomic mass is 79.9. The first kappa shape index (κ1) is 16.7. The van der Waals surface area contributed by atoms with Crippen LogP contribution in [0.25, 0.3) is 0 Å². The SMILES string of the molecule is CCC(NS(=O)(=O)c1cccc(Br)c1)c1ccc(Br)cc1. The van der Waals surface area contributed by atoms with Crippen LogP contribution in [0.3, 0.4) is 0 Å². The van der Waals surface area contributed by atoms with Crippen molar-refractivity contribution in [2.24, 2.45) is 0 Å². The third-order valence-corrected chi connectivity index (χ3v) is 5.58. The number of hydrogen-bond donors (Lipinski definition) is 1. The van der Waals surface area contributed by atoms with E-state index in [2.05, 4.69) is 36.6 Å². The predicted octanol–water partition coefficient (Wildman–Crippen LogP) is 4.64. The molecule has 1 N–H and O–H groups in total. The molecule has 0 bridgehead atoms. The molecule has 21 heavy (non-hydrogen) atoms. The van der Waals surface area contributed by atoms with Crippen LogP contribution in [0.4, 0.5) is 0 Å². The second kappa shape index (κ2) is 7.05. The zero-order valence-electron chi connectivity index (χ0n) is 11.4. The second-order valence-electron chi connectivity index (χ2n) is 4.59. The summed E-state index contributed by atoms with van der Waals surface area (Å²) in [5.41, 5.74) is 0.944. The summed E-state index contributed by atoms with van der Waals surface area (Å²) < 4.78 is 29.4. The summed E-state index contributed by atoms with van der Waals surface area (Å²) >= 11 is 6.67. The summed E-state index contributed by atoms with van der Waals surface area (Å²) in [5.74, 6) is 0.